The van der Waals surface area contributed by atoms with E-state index in [2.05, 4.69) is 0 Å². The average Bonchev–Trinajstić information content (AvgIpc) is 2.89. The highest BCUT2D eigenvalue weighted by Gasteiger charge is 2.56. The predicted octanol–water partition coefficient (Wildman–Crippen LogP) is 6.44. The molecule has 1 heterocycles. The second kappa shape index (κ2) is 9.38. The maximum atomic E-state index is 14.4. The molecule has 0 saturated heterocycles. The molecule has 4 bridgehead atoms. The van der Waals surface area contributed by atoms with Crippen LogP contribution in [0.4, 0.5) is 13.2 Å². The van der Waals surface area contributed by atoms with Crippen molar-refractivity contribution in [2.24, 2.45) is 23.2 Å². The van der Waals surface area contributed by atoms with Crippen LogP contribution in [0.2, 0.25) is 0 Å². The predicted molar refractivity (Wildman–Crippen MR) is 135 cm³/mol. The molecule has 8 heteroatoms. The molecule has 5 nitrogen and oxygen atoms in total. The van der Waals surface area contributed by atoms with Gasteiger partial charge in [-0.05, 0) is 104 Å². The number of hydrogen-bond acceptors (Lipinski definition) is 4. The number of amides is 1. The molecule has 1 atom stereocenters. The van der Waals surface area contributed by atoms with Gasteiger partial charge in [-0.2, -0.15) is 13.2 Å². The zero-order chi connectivity index (χ0) is 26.7. The topological polar surface area (TPSA) is 48.0 Å². The molecule has 4 fully saturated rings. The SMILES string of the molecule is COc1cc2c(cc1OC)C(COc1cccc(C(F)(F)F)c1)N(C(=O)C13CC4CC(CC(C4)C1)C3)CC2. The summed E-state index contributed by atoms with van der Waals surface area (Å²) in [5, 5.41) is 0. The fraction of sp³-hybridized carbons (Fsp3) is 0.567. The molecule has 4 saturated carbocycles. The first-order chi connectivity index (χ1) is 18.2. The highest BCUT2D eigenvalue weighted by molar-refractivity contribution is 5.84. The van der Waals surface area contributed by atoms with Gasteiger partial charge in [-0.1, -0.05) is 6.07 Å². The van der Waals surface area contributed by atoms with E-state index in [4.69, 9.17) is 14.2 Å². The van der Waals surface area contributed by atoms with Gasteiger partial charge in [0.15, 0.2) is 11.5 Å². The van der Waals surface area contributed by atoms with Crippen molar-refractivity contribution in [3.05, 3.63) is 53.1 Å². The van der Waals surface area contributed by atoms with E-state index in [9.17, 15) is 18.0 Å². The number of methoxy groups -OCH3 is 2. The van der Waals surface area contributed by atoms with Gasteiger partial charge in [-0.15, -0.1) is 0 Å². The van der Waals surface area contributed by atoms with Gasteiger partial charge in [0, 0.05) is 6.54 Å². The Morgan fingerprint density at radius 2 is 1.61 bits per heavy atom. The lowest BCUT2D eigenvalue weighted by molar-refractivity contribution is -0.161. The number of halogens is 3. The van der Waals surface area contributed by atoms with Crippen LogP contribution in [0.1, 0.15) is 61.3 Å². The maximum absolute atomic E-state index is 14.4. The van der Waals surface area contributed by atoms with Crippen LogP contribution in [0.25, 0.3) is 0 Å². The molecule has 5 aliphatic rings. The summed E-state index contributed by atoms with van der Waals surface area (Å²) in [7, 11) is 3.16. The number of carbonyl (C=O) groups excluding carboxylic acids is 1. The summed E-state index contributed by atoms with van der Waals surface area (Å²) in [4.78, 5) is 16.4. The Hall–Kier alpha value is -2.90. The van der Waals surface area contributed by atoms with Crippen LogP contribution in [0.15, 0.2) is 36.4 Å². The van der Waals surface area contributed by atoms with Gasteiger partial charge in [0.05, 0.1) is 31.2 Å². The van der Waals surface area contributed by atoms with Crippen LogP contribution < -0.4 is 14.2 Å². The van der Waals surface area contributed by atoms with Crippen LogP contribution in [-0.2, 0) is 17.4 Å². The summed E-state index contributed by atoms with van der Waals surface area (Å²) in [6.45, 7) is 0.599. The fourth-order valence-electron chi connectivity index (χ4n) is 8.07. The standard InChI is InChI=1S/C30H34F3NO4/c1-36-26-11-21-6-7-34(28(35)29-14-18-8-19(15-29)10-20(9-18)16-29)25(24(21)13-27(26)37-2)17-38-23-5-3-4-22(12-23)30(31,32)33/h3-5,11-13,18-20,25H,6-10,14-17H2,1-2H3. The highest BCUT2D eigenvalue weighted by Crippen LogP contribution is 2.61. The smallest absolute Gasteiger partial charge is 0.416 e. The summed E-state index contributed by atoms with van der Waals surface area (Å²) < 4.78 is 57.0. The first-order valence-electron chi connectivity index (χ1n) is 13.5. The van der Waals surface area contributed by atoms with E-state index in [0.717, 1.165) is 42.5 Å². The van der Waals surface area contributed by atoms with Crippen LogP contribution in [0.5, 0.6) is 17.2 Å². The third-order valence-corrected chi connectivity index (χ3v) is 9.32. The van der Waals surface area contributed by atoms with Crippen molar-refractivity contribution in [2.75, 3.05) is 27.4 Å². The highest BCUT2D eigenvalue weighted by atomic mass is 19.4. The van der Waals surface area contributed by atoms with Gasteiger partial charge in [-0.3, -0.25) is 4.79 Å². The van der Waals surface area contributed by atoms with Crippen molar-refractivity contribution >= 4 is 5.91 Å². The molecule has 4 aliphatic carbocycles. The molecule has 1 unspecified atom stereocenters. The number of benzene rings is 2. The number of carbonyl (C=O) groups is 1. The van der Waals surface area contributed by atoms with Crippen molar-refractivity contribution in [1.29, 1.82) is 0 Å². The lowest BCUT2D eigenvalue weighted by Gasteiger charge is -2.57. The Labute approximate surface area is 221 Å². The molecule has 0 spiro atoms. The second-order valence-corrected chi connectivity index (χ2v) is 11.7. The zero-order valence-electron chi connectivity index (χ0n) is 21.9. The van der Waals surface area contributed by atoms with Crippen molar-refractivity contribution in [3.8, 4) is 17.2 Å². The lowest BCUT2D eigenvalue weighted by atomic mass is 9.49. The molecule has 2 aromatic rings. The van der Waals surface area contributed by atoms with E-state index in [-0.39, 0.29) is 23.7 Å². The van der Waals surface area contributed by atoms with Gasteiger partial charge < -0.3 is 19.1 Å². The quantitative estimate of drug-likeness (QED) is 0.432. The molecule has 0 aromatic heterocycles. The molecular weight excluding hydrogens is 495 g/mol. The number of nitrogens with zero attached hydrogens (tertiary/aromatic N) is 1. The van der Waals surface area contributed by atoms with Crippen molar-refractivity contribution in [2.45, 2.75) is 57.2 Å². The Balaban J connectivity index is 1.34. The minimum atomic E-state index is -4.46. The number of alkyl halides is 3. The maximum Gasteiger partial charge on any atom is 0.416 e. The number of hydrogen-bond donors (Lipinski definition) is 0. The Morgan fingerprint density at radius 1 is 0.974 bits per heavy atom. The van der Waals surface area contributed by atoms with Crippen molar-refractivity contribution < 1.29 is 32.2 Å². The molecule has 204 valence electrons. The van der Waals surface area contributed by atoms with Crippen LogP contribution in [0, 0.1) is 23.2 Å². The third kappa shape index (κ3) is 4.39. The molecule has 38 heavy (non-hydrogen) atoms. The molecule has 7 rings (SSSR count). The van der Waals surface area contributed by atoms with Crippen LogP contribution in [-0.4, -0.2) is 38.2 Å². The molecule has 2 aromatic carbocycles. The minimum absolute atomic E-state index is 0.0574. The van der Waals surface area contributed by atoms with Gasteiger partial charge >= 0.3 is 6.18 Å². The van der Waals surface area contributed by atoms with Gasteiger partial charge in [0.1, 0.15) is 12.4 Å². The average molecular weight is 530 g/mol. The lowest BCUT2D eigenvalue weighted by Crippen LogP contribution is -2.56. The molecule has 0 N–H and O–H groups in total. The van der Waals surface area contributed by atoms with E-state index in [1.54, 1.807) is 14.2 Å². The first kappa shape index (κ1) is 25.4. The number of fused-ring (bicyclic) bond motifs is 1. The second-order valence-electron chi connectivity index (χ2n) is 11.7. The van der Waals surface area contributed by atoms with Crippen molar-refractivity contribution in [1.82, 2.24) is 4.90 Å². The van der Waals surface area contributed by atoms with Gasteiger partial charge in [0.25, 0.3) is 0 Å². The summed E-state index contributed by atoms with van der Waals surface area (Å²) in [6, 6.07) is 8.32. The molecule has 0 radical (unpaired) electrons. The monoisotopic (exact) mass is 529 g/mol. The van der Waals surface area contributed by atoms with Crippen molar-refractivity contribution in [3.63, 3.8) is 0 Å². The van der Waals surface area contributed by atoms with E-state index >= 15 is 0 Å². The van der Waals surface area contributed by atoms with E-state index in [0.29, 0.717) is 42.2 Å². The molecule has 1 amide bonds. The zero-order valence-corrected chi connectivity index (χ0v) is 21.9. The summed E-state index contributed by atoms with van der Waals surface area (Å²) in [5.74, 6) is 3.39. The number of rotatable bonds is 6. The third-order valence-electron chi connectivity index (χ3n) is 9.32. The van der Waals surface area contributed by atoms with Crippen LogP contribution >= 0.6 is 0 Å². The Morgan fingerprint density at radius 3 is 2.21 bits per heavy atom. The fourth-order valence-corrected chi connectivity index (χ4v) is 8.07. The van der Waals surface area contributed by atoms with Crippen LogP contribution in [0.3, 0.4) is 0 Å². The van der Waals surface area contributed by atoms with Gasteiger partial charge in [0.2, 0.25) is 5.91 Å². The van der Waals surface area contributed by atoms with Gasteiger partial charge in [-0.25, -0.2) is 0 Å². The minimum Gasteiger partial charge on any atom is -0.493 e. The normalized spacial score (nSPS) is 29.7. The largest absolute Gasteiger partial charge is 0.493 e. The summed E-state index contributed by atoms with van der Waals surface area (Å²) in [5.41, 5.74) is 0.859. The Kier molecular flexibility index (Phi) is 6.27. The first-order valence-corrected chi connectivity index (χ1v) is 13.5. The van der Waals surface area contributed by atoms with E-state index in [1.165, 1.54) is 31.4 Å². The summed E-state index contributed by atoms with van der Waals surface area (Å²) in [6.07, 6.45) is 2.81. The Bertz CT molecular complexity index is 1190. The van der Waals surface area contributed by atoms with E-state index < -0.39 is 17.8 Å². The number of ether oxygens (including phenoxy) is 3. The van der Waals surface area contributed by atoms with E-state index in [1.807, 2.05) is 17.0 Å². The molecule has 1 aliphatic heterocycles. The molecular formula is C30H34F3NO4. The summed E-state index contributed by atoms with van der Waals surface area (Å²) >= 11 is 0.